The van der Waals surface area contributed by atoms with E-state index < -0.39 is 37.2 Å². The molecule has 11 heteroatoms. The molecule has 5 rings (SSSR count). The van der Waals surface area contributed by atoms with Crippen molar-refractivity contribution in [2.24, 2.45) is 0 Å². The second kappa shape index (κ2) is 7.31. The summed E-state index contributed by atoms with van der Waals surface area (Å²) in [5, 5.41) is 32.8. The summed E-state index contributed by atoms with van der Waals surface area (Å²) in [7, 11) is 0. The minimum Gasteiger partial charge on any atom is -0.387 e. The number of halogens is 2. The molecule has 4 heterocycles. The Morgan fingerprint density at radius 2 is 1.90 bits per heavy atom. The van der Waals surface area contributed by atoms with E-state index in [4.69, 9.17) is 4.74 Å². The van der Waals surface area contributed by atoms with Gasteiger partial charge in [0.25, 0.3) is 0 Å². The highest BCUT2D eigenvalue weighted by molar-refractivity contribution is 5.78. The van der Waals surface area contributed by atoms with E-state index >= 15 is 0 Å². The van der Waals surface area contributed by atoms with E-state index in [1.165, 1.54) is 24.5 Å². The van der Waals surface area contributed by atoms with Crippen molar-refractivity contribution >= 4 is 22.1 Å². The molecule has 1 aromatic carbocycles. The first-order valence-corrected chi connectivity index (χ1v) is 9.59. The van der Waals surface area contributed by atoms with Gasteiger partial charge in [-0.3, -0.25) is 4.57 Å². The van der Waals surface area contributed by atoms with Gasteiger partial charge in [0, 0.05) is 11.6 Å². The van der Waals surface area contributed by atoms with Gasteiger partial charge in [0.05, 0.1) is 16.7 Å². The molecule has 1 fully saturated rings. The van der Waals surface area contributed by atoms with Gasteiger partial charge in [-0.1, -0.05) is 6.07 Å². The zero-order valence-electron chi connectivity index (χ0n) is 16.2. The first-order chi connectivity index (χ1) is 14.9. The van der Waals surface area contributed by atoms with Crippen LogP contribution in [-0.2, 0) is 4.74 Å². The molecule has 3 aromatic heterocycles. The number of hydrogen-bond acceptors (Lipinski definition) is 7. The number of hydrogen-bond donors (Lipinski definition) is 3. The molecule has 1 aliphatic heterocycles. The lowest BCUT2D eigenvalue weighted by molar-refractivity contribution is -0.0848. The van der Waals surface area contributed by atoms with Gasteiger partial charge in [0.2, 0.25) is 0 Å². The number of benzene rings is 1. The van der Waals surface area contributed by atoms with Crippen LogP contribution in [0.3, 0.4) is 0 Å². The standard InChI is InChI=1S/C20H19F2N5O4/c1-9-11-4-5-26(18(11)24-7-23-9)19-16(30)15(29)17(31-19)14(28)10-2-3-13-12(6-10)25-8-27(13)20(21)22/h2-8,14-17,19-20,28-30H,1H3/t14-,15+,16-,17-,19-/m1/s1. The van der Waals surface area contributed by atoms with E-state index in [1.807, 2.05) is 6.92 Å². The number of aryl methyl sites for hydroxylation is 1. The Balaban J connectivity index is 1.45. The maximum Gasteiger partial charge on any atom is 0.320 e. The fraction of sp³-hybridized carbons (Fsp3) is 0.350. The summed E-state index contributed by atoms with van der Waals surface area (Å²) in [6.07, 6.45) is -2.10. The molecule has 0 radical (unpaired) electrons. The summed E-state index contributed by atoms with van der Waals surface area (Å²) < 4.78 is 34.2. The van der Waals surface area contributed by atoms with Gasteiger partial charge in [0.15, 0.2) is 6.23 Å². The minimum atomic E-state index is -2.74. The number of aliphatic hydroxyl groups is 3. The van der Waals surface area contributed by atoms with Gasteiger partial charge in [-0.25, -0.2) is 15.0 Å². The number of ether oxygens (including phenoxy) is 1. The van der Waals surface area contributed by atoms with E-state index in [0.717, 1.165) is 17.4 Å². The van der Waals surface area contributed by atoms with Crippen molar-refractivity contribution in [2.75, 3.05) is 0 Å². The lowest BCUT2D eigenvalue weighted by Gasteiger charge is -2.21. The number of alkyl halides is 2. The third-order valence-corrected chi connectivity index (χ3v) is 5.72. The van der Waals surface area contributed by atoms with Gasteiger partial charge in [-0.15, -0.1) is 0 Å². The lowest BCUT2D eigenvalue weighted by atomic mass is 9.99. The molecule has 0 bridgehead atoms. The third-order valence-electron chi connectivity index (χ3n) is 5.72. The molecule has 0 aliphatic carbocycles. The lowest BCUT2D eigenvalue weighted by Crippen LogP contribution is -2.34. The Hall–Kier alpha value is -2.99. The Morgan fingerprint density at radius 3 is 2.68 bits per heavy atom. The van der Waals surface area contributed by atoms with Crippen LogP contribution in [-0.4, -0.2) is 57.7 Å². The molecule has 0 saturated carbocycles. The Morgan fingerprint density at radius 1 is 1.10 bits per heavy atom. The monoisotopic (exact) mass is 431 g/mol. The maximum atomic E-state index is 13.0. The van der Waals surface area contributed by atoms with Gasteiger partial charge in [-0.05, 0) is 30.7 Å². The van der Waals surface area contributed by atoms with Gasteiger partial charge >= 0.3 is 6.55 Å². The van der Waals surface area contributed by atoms with Crippen molar-refractivity contribution < 1.29 is 28.8 Å². The van der Waals surface area contributed by atoms with Gasteiger partial charge in [-0.2, -0.15) is 8.78 Å². The predicted octanol–water partition coefficient (Wildman–Crippen LogP) is 1.84. The average Bonchev–Trinajstić information content (AvgIpc) is 3.44. The second-order valence-corrected chi connectivity index (χ2v) is 7.51. The normalized spacial score (nSPS) is 25.1. The van der Waals surface area contributed by atoms with Crippen LogP contribution >= 0.6 is 0 Å². The Bertz CT molecular complexity index is 1260. The van der Waals surface area contributed by atoms with Crippen molar-refractivity contribution in [1.29, 1.82) is 0 Å². The largest absolute Gasteiger partial charge is 0.387 e. The quantitative estimate of drug-likeness (QED) is 0.451. The summed E-state index contributed by atoms with van der Waals surface area (Å²) in [4.78, 5) is 12.3. The van der Waals surface area contributed by atoms with Gasteiger partial charge < -0.3 is 24.6 Å². The first-order valence-electron chi connectivity index (χ1n) is 9.59. The van der Waals surface area contributed by atoms with Crippen LogP contribution in [0.15, 0.2) is 43.1 Å². The zero-order valence-corrected chi connectivity index (χ0v) is 16.2. The molecule has 0 unspecified atom stereocenters. The van der Waals surface area contributed by atoms with E-state index in [2.05, 4.69) is 15.0 Å². The number of rotatable bonds is 4. The third kappa shape index (κ3) is 3.08. The summed E-state index contributed by atoms with van der Waals surface area (Å²) in [6, 6.07) is 6.12. The second-order valence-electron chi connectivity index (χ2n) is 7.51. The zero-order chi connectivity index (χ0) is 21.9. The highest BCUT2D eigenvalue weighted by Gasteiger charge is 2.47. The highest BCUT2D eigenvalue weighted by atomic mass is 19.3. The maximum absolute atomic E-state index is 13.0. The highest BCUT2D eigenvalue weighted by Crippen LogP contribution is 2.38. The molecule has 3 N–H and O–H groups in total. The van der Waals surface area contributed by atoms with Crippen molar-refractivity contribution in [2.45, 2.75) is 44.1 Å². The molecule has 1 saturated heterocycles. The summed E-state index contributed by atoms with van der Waals surface area (Å²) in [5.74, 6) is 0. The van der Waals surface area contributed by atoms with Crippen LogP contribution in [0.4, 0.5) is 8.78 Å². The van der Waals surface area contributed by atoms with E-state index in [0.29, 0.717) is 15.8 Å². The SMILES string of the molecule is Cc1ncnc2c1ccn2[C@@H]1O[C@H]([C@H](O)c2ccc3c(c2)ncn3C(F)F)[C@@H](O)[C@H]1O. The summed E-state index contributed by atoms with van der Waals surface area (Å²) in [5.41, 5.74) is 2.08. The van der Waals surface area contributed by atoms with Gasteiger partial charge in [0.1, 0.15) is 42.7 Å². The summed E-state index contributed by atoms with van der Waals surface area (Å²) in [6.45, 7) is -0.909. The minimum absolute atomic E-state index is 0.214. The molecule has 0 spiro atoms. The fourth-order valence-corrected chi connectivity index (χ4v) is 4.06. The Kier molecular flexibility index (Phi) is 4.70. The number of fused-ring (bicyclic) bond motifs is 2. The van der Waals surface area contributed by atoms with Crippen LogP contribution in [0.5, 0.6) is 0 Å². The van der Waals surface area contributed by atoms with Crippen LogP contribution in [0.1, 0.15) is 30.1 Å². The average molecular weight is 431 g/mol. The smallest absolute Gasteiger partial charge is 0.320 e. The molecule has 4 aromatic rings. The van der Waals surface area contributed by atoms with Crippen molar-refractivity contribution in [1.82, 2.24) is 24.1 Å². The number of aliphatic hydroxyl groups excluding tert-OH is 3. The molecule has 9 nitrogen and oxygen atoms in total. The molecular formula is C20H19F2N5O4. The number of nitrogens with zero attached hydrogens (tertiary/aromatic N) is 5. The van der Waals surface area contributed by atoms with E-state index in [1.54, 1.807) is 16.8 Å². The molecule has 5 atom stereocenters. The molecular weight excluding hydrogens is 412 g/mol. The first kappa shape index (κ1) is 19.9. The van der Waals surface area contributed by atoms with Crippen molar-refractivity contribution in [3.8, 4) is 0 Å². The summed E-state index contributed by atoms with van der Waals surface area (Å²) >= 11 is 0. The topological polar surface area (TPSA) is 118 Å². The number of aromatic nitrogens is 5. The van der Waals surface area contributed by atoms with Crippen LogP contribution < -0.4 is 0 Å². The van der Waals surface area contributed by atoms with Crippen LogP contribution in [0.2, 0.25) is 0 Å². The Labute approximate surface area is 174 Å². The molecule has 0 amide bonds. The van der Waals surface area contributed by atoms with Crippen molar-refractivity contribution in [3.05, 3.63) is 54.4 Å². The molecule has 162 valence electrons. The van der Waals surface area contributed by atoms with Crippen LogP contribution in [0.25, 0.3) is 22.1 Å². The van der Waals surface area contributed by atoms with Crippen LogP contribution in [0, 0.1) is 6.92 Å². The van der Waals surface area contributed by atoms with E-state index in [9.17, 15) is 24.1 Å². The molecule has 31 heavy (non-hydrogen) atoms. The number of imidazole rings is 1. The van der Waals surface area contributed by atoms with Crippen molar-refractivity contribution in [3.63, 3.8) is 0 Å². The predicted molar refractivity (Wildman–Crippen MR) is 104 cm³/mol. The molecule has 1 aliphatic rings. The fourth-order valence-electron chi connectivity index (χ4n) is 4.06. The van der Waals surface area contributed by atoms with E-state index in [-0.39, 0.29) is 11.0 Å².